The van der Waals surface area contributed by atoms with Gasteiger partial charge in [0.2, 0.25) is 0 Å². The van der Waals surface area contributed by atoms with Gasteiger partial charge >= 0.3 is 0 Å². The van der Waals surface area contributed by atoms with E-state index in [1.54, 1.807) is 17.6 Å². The molecule has 0 radical (unpaired) electrons. The molecule has 0 saturated heterocycles. The van der Waals surface area contributed by atoms with Gasteiger partial charge in [0, 0.05) is 10.1 Å². The molecule has 0 fully saturated rings. The molecule has 106 valence electrons. The summed E-state index contributed by atoms with van der Waals surface area (Å²) >= 11 is 7.94. The van der Waals surface area contributed by atoms with Gasteiger partial charge in [-0.3, -0.25) is 0 Å². The van der Waals surface area contributed by atoms with E-state index in [-0.39, 0.29) is 0 Å². The first-order valence-electron chi connectivity index (χ1n) is 6.62. The summed E-state index contributed by atoms with van der Waals surface area (Å²) in [5.41, 5.74) is 2.33. The molecule has 0 spiro atoms. The van der Waals surface area contributed by atoms with Crippen molar-refractivity contribution in [2.45, 2.75) is 13.5 Å². The third-order valence-electron chi connectivity index (χ3n) is 3.16. The third kappa shape index (κ3) is 3.26. The molecular formula is C17H14ClNOS. The summed E-state index contributed by atoms with van der Waals surface area (Å²) in [5, 5.41) is 5.81. The predicted molar refractivity (Wildman–Crippen MR) is 90.4 cm³/mol. The molecule has 1 heterocycles. The van der Waals surface area contributed by atoms with Crippen LogP contribution in [0.25, 0.3) is 10.1 Å². The van der Waals surface area contributed by atoms with Crippen molar-refractivity contribution in [2.24, 2.45) is 5.16 Å². The van der Waals surface area contributed by atoms with E-state index in [0.29, 0.717) is 6.61 Å². The first-order chi connectivity index (χ1) is 10.2. The van der Waals surface area contributed by atoms with Crippen molar-refractivity contribution in [3.63, 3.8) is 0 Å². The van der Waals surface area contributed by atoms with E-state index in [0.717, 1.165) is 25.5 Å². The van der Waals surface area contributed by atoms with Gasteiger partial charge in [-0.1, -0.05) is 64.8 Å². The number of aryl methyl sites for hydroxylation is 1. The number of oxime groups is 1. The summed E-state index contributed by atoms with van der Waals surface area (Å²) in [6.07, 6.45) is 1.68. The summed E-state index contributed by atoms with van der Waals surface area (Å²) in [7, 11) is 0. The van der Waals surface area contributed by atoms with Gasteiger partial charge < -0.3 is 4.84 Å². The van der Waals surface area contributed by atoms with Crippen LogP contribution >= 0.6 is 22.9 Å². The van der Waals surface area contributed by atoms with E-state index in [2.05, 4.69) is 30.3 Å². The number of nitrogens with zero attached hydrogens (tertiary/aromatic N) is 1. The smallest absolute Gasteiger partial charge is 0.142 e. The number of fused-ring (bicyclic) bond motifs is 1. The fraction of sp³-hybridized carbons (Fsp3) is 0.118. The first kappa shape index (κ1) is 14.1. The van der Waals surface area contributed by atoms with Crippen molar-refractivity contribution < 1.29 is 4.84 Å². The molecule has 3 rings (SSSR count). The molecular weight excluding hydrogens is 302 g/mol. The van der Waals surface area contributed by atoms with Crippen LogP contribution < -0.4 is 0 Å². The van der Waals surface area contributed by atoms with Crippen LogP contribution in [0, 0.1) is 6.92 Å². The second-order valence-corrected chi connectivity index (χ2v) is 6.23. The summed E-state index contributed by atoms with van der Waals surface area (Å²) < 4.78 is 1.16. The standard InChI is InChI=1S/C17H14ClNOS/c1-12-6-8-13(9-7-12)11-20-19-10-16-17(18)14-4-2-3-5-15(14)21-16/h2-10H,11H2,1H3/b19-10+. The summed E-state index contributed by atoms with van der Waals surface area (Å²) in [4.78, 5) is 6.25. The molecule has 0 unspecified atom stereocenters. The predicted octanol–water partition coefficient (Wildman–Crippen LogP) is 5.41. The highest BCUT2D eigenvalue weighted by Crippen LogP contribution is 2.33. The Morgan fingerprint density at radius 2 is 1.90 bits per heavy atom. The summed E-state index contributed by atoms with van der Waals surface area (Å²) in [6.45, 7) is 2.52. The van der Waals surface area contributed by atoms with Crippen molar-refractivity contribution >= 4 is 39.2 Å². The lowest BCUT2D eigenvalue weighted by atomic mass is 10.2. The summed E-state index contributed by atoms with van der Waals surface area (Å²) in [5.74, 6) is 0. The Hall–Kier alpha value is -1.84. The minimum Gasteiger partial charge on any atom is -0.391 e. The van der Waals surface area contributed by atoms with E-state index in [1.165, 1.54) is 5.56 Å². The molecule has 0 saturated carbocycles. The largest absolute Gasteiger partial charge is 0.391 e. The Morgan fingerprint density at radius 3 is 2.67 bits per heavy atom. The second-order valence-electron chi connectivity index (χ2n) is 4.77. The number of rotatable bonds is 4. The summed E-state index contributed by atoms with van der Waals surface area (Å²) in [6, 6.07) is 16.2. The minimum absolute atomic E-state index is 0.458. The molecule has 2 aromatic carbocycles. The zero-order valence-electron chi connectivity index (χ0n) is 11.5. The maximum Gasteiger partial charge on any atom is 0.142 e. The van der Waals surface area contributed by atoms with E-state index < -0.39 is 0 Å². The van der Waals surface area contributed by atoms with E-state index in [9.17, 15) is 0 Å². The quantitative estimate of drug-likeness (QED) is 0.465. The molecule has 1 aromatic heterocycles. The number of hydrogen-bond acceptors (Lipinski definition) is 3. The minimum atomic E-state index is 0.458. The lowest BCUT2D eigenvalue weighted by molar-refractivity contribution is 0.132. The zero-order chi connectivity index (χ0) is 14.7. The molecule has 0 aliphatic carbocycles. The Balaban J connectivity index is 1.67. The maximum atomic E-state index is 6.33. The van der Waals surface area contributed by atoms with Gasteiger partial charge in [0.1, 0.15) is 6.61 Å². The number of thiophene rings is 1. The fourth-order valence-electron chi connectivity index (χ4n) is 2.00. The monoisotopic (exact) mass is 315 g/mol. The first-order valence-corrected chi connectivity index (χ1v) is 7.81. The van der Waals surface area contributed by atoms with Crippen LogP contribution in [0.2, 0.25) is 5.02 Å². The van der Waals surface area contributed by atoms with E-state index >= 15 is 0 Å². The van der Waals surface area contributed by atoms with Crippen LogP contribution in [0.5, 0.6) is 0 Å². The Bertz CT molecular complexity index is 777. The van der Waals surface area contributed by atoms with Gasteiger partial charge in [-0.25, -0.2) is 0 Å². The topological polar surface area (TPSA) is 21.6 Å². The molecule has 0 bridgehead atoms. The molecule has 0 N–H and O–H groups in total. The van der Waals surface area contributed by atoms with E-state index in [1.807, 2.05) is 30.3 Å². The number of hydrogen-bond donors (Lipinski definition) is 0. The normalized spacial score (nSPS) is 11.3. The van der Waals surface area contributed by atoms with Gasteiger partial charge in [-0.2, -0.15) is 0 Å². The highest BCUT2D eigenvalue weighted by atomic mass is 35.5. The Morgan fingerprint density at radius 1 is 1.14 bits per heavy atom. The average molecular weight is 316 g/mol. The lowest BCUT2D eigenvalue weighted by Gasteiger charge is -1.99. The van der Waals surface area contributed by atoms with E-state index in [4.69, 9.17) is 16.4 Å². The third-order valence-corrected chi connectivity index (χ3v) is 4.78. The van der Waals surface area contributed by atoms with Crippen LogP contribution in [0.3, 0.4) is 0 Å². The molecule has 21 heavy (non-hydrogen) atoms. The van der Waals surface area contributed by atoms with Crippen LogP contribution in [-0.4, -0.2) is 6.21 Å². The Kier molecular flexibility index (Phi) is 4.23. The lowest BCUT2D eigenvalue weighted by Crippen LogP contribution is -1.87. The van der Waals surface area contributed by atoms with Crippen LogP contribution in [0.4, 0.5) is 0 Å². The molecule has 0 aliphatic rings. The number of halogens is 1. The average Bonchev–Trinajstić information content (AvgIpc) is 2.82. The van der Waals surface area contributed by atoms with Crippen molar-refractivity contribution in [3.8, 4) is 0 Å². The number of benzene rings is 2. The van der Waals surface area contributed by atoms with Crippen molar-refractivity contribution in [3.05, 3.63) is 69.6 Å². The van der Waals surface area contributed by atoms with Crippen LogP contribution in [0.1, 0.15) is 16.0 Å². The van der Waals surface area contributed by atoms with Crippen LogP contribution in [0.15, 0.2) is 53.7 Å². The van der Waals surface area contributed by atoms with Gasteiger partial charge in [0.15, 0.2) is 0 Å². The van der Waals surface area contributed by atoms with Gasteiger partial charge in [0.25, 0.3) is 0 Å². The SMILES string of the molecule is Cc1ccc(CO/N=C/c2sc3ccccc3c2Cl)cc1. The van der Waals surface area contributed by atoms with Crippen molar-refractivity contribution in [2.75, 3.05) is 0 Å². The molecule has 0 aliphatic heterocycles. The fourth-order valence-corrected chi connectivity index (χ4v) is 3.34. The molecule has 2 nitrogen and oxygen atoms in total. The van der Waals surface area contributed by atoms with Gasteiger partial charge in [0.05, 0.1) is 16.1 Å². The van der Waals surface area contributed by atoms with Gasteiger partial charge in [-0.05, 0) is 18.6 Å². The second kappa shape index (κ2) is 6.29. The highest BCUT2D eigenvalue weighted by molar-refractivity contribution is 7.21. The highest BCUT2D eigenvalue weighted by Gasteiger charge is 2.07. The van der Waals surface area contributed by atoms with Gasteiger partial charge in [-0.15, -0.1) is 11.3 Å². The Labute approximate surface area is 132 Å². The molecule has 0 atom stereocenters. The van der Waals surface area contributed by atoms with Crippen LogP contribution in [-0.2, 0) is 11.4 Å². The molecule has 0 amide bonds. The molecule has 3 aromatic rings. The maximum absolute atomic E-state index is 6.33. The zero-order valence-corrected chi connectivity index (χ0v) is 13.1. The van der Waals surface area contributed by atoms with Crippen molar-refractivity contribution in [1.29, 1.82) is 0 Å². The van der Waals surface area contributed by atoms with Crippen molar-refractivity contribution in [1.82, 2.24) is 0 Å². The molecule has 4 heteroatoms.